The Morgan fingerprint density at radius 2 is 2.12 bits per heavy atom. The van der Waals surface area contributed by atoms with E-state index in [4.69, 9.17) is 16.0 Å². The van der Waals surface area contributed by atoms with Crippen LogP contribution in [0.3, 0.4) is 0 Å². The highest BCUT2D eigenvalue weighted by Crippen LogP contribution is 2.32. The third-order valence-corrected chi connectivity index (χ3v) is 4.87. The Morgan fingerprint density at radius 3 is 2.88 bits per heavy atom. The van der Waals surface area contributed by atoms with Crippen LogP contribution in [-0.4, -0.2) is 15.9 Å². The number of carbonyl (C=O) groups is 1. The average molecular weight is 370 g/mol. The lowest BCUT2D eigenvalue weighted by molar-refractivity contribution is 0.0958. The summed E-state index contributed by atoms with van der Waals surface area (Å²) in [6.07, 6.45) is 3.17. The molecule has 0 bridgehead atoms. The molecule has 3 aromatic heterocycles. The van der Waals surface area contributed by atoms with Crippen LogP contribution < -0.4 is 4.90 Å². The molecule has 5 nitrogen and oxygen atoms in total. The second kappa shape index (κ2) is 6.66. The molecule has 0 saturated heterocycles. The first-order valence-electron chi connectivity index (χ1n) is 7.52. The number of thiazole rings is 1. The van der Waals surface area contributed by atoms with Crippen molar-refractivity contribution in [1.29, 1.82) is 0 Å². The van der Waals surface area contributed by atoms with E-state index >= 15 is 0 Å². The molecule has 0 aliphatic carbocycles. The van der Waals surface area contributed by atoms with E-state index in [1.54, 1.807) is 29.3 Å². The van der Waals surface area contributed by atoms with Crippen LogP contribution in [0.15, 0.2) is 65.4 Å². The molecular weight excluding hydrogens is 358 g/mol. The molecule has 25 heavy (non-hydrogen) atoms. The number of halogens is 1. The van der Waals surface area contributed by atoms with Crippen molar-refractivity contribution in [2.75, 3.05) is 4.90 Å². The lowest BCUT2D eigenvalue weighted by Crippen LogP contribution is -2.30. The summed E-state index contributed by atoms with van der Waals surface area (Å²) >= 11 is 7.46. The summed E-state index contributed by atoms with van der Waals surface area (Å²) in [4.78, 5) is 23.4. The highest BCUT2D eigenvalue weighted by molar-refractivity contribution is 7.22. The van der Waals surface area contributed by atoms with E-state index in [1.165, 1.54) is 17.6 Å². The lowest BCUT2D eigenvalue weighted by Gasteiger charge is -2.18. The Morgan fingerprint density at radius 1 is 1.20 bits per heavy atom. The molecule has 0 spiro atoms. The van der Waals surface area contributed by atoms with Gasteiger partial charge in [0.2, 0.25) is 0 Å². The number of anilines is 1. The van der Waals surface area contributed by atoms with Gasteiger partial charge in [0.15, 0.2) is 10.9 Å². The Labute approximate surface area is 152 Å². The highest BCUT2D eigenvalue weighted by atomic mass is 35.5. The molecule has 0 aliphatic heterocycles. The molecular formula is C18H12ClN3O2S. The number of pyridine rings is 1. The molecule has 3 heterocycles. The number of rotatable bonds is 4. The summed E-state index contributed by atoms with van der Waals surface area (Å²) in [5.74, 6) is -0.00553. The van der Waals surface area contributed by atoms with Crippen LogP contribution in [-0.2, 0) is 6.54 Å². The number of hydrogen-bond donors (Lipinski definition) is 0. The predicted octanol–water partition coefficient (Wildman–Crippen LogP) is 4.78. The van der Waals surface area contributed by atoms with Gasteiger partial charge in [-0.1, -0.05) is 29.0 Å². The standard InChI is InChI=1S/C18H12ClN3O2S/c19-12-6-7-14-16(10-12)25-18(21-14)22(11-13-4-1-2-8-20-13)17(23)15-5-3-9-24-15/h1-10H,11H2. The molecule has 0 saturated carbocycles. The van der Waals surface area contributed by atoms with Gasteiger partial charge >= 0.3 is 0 Å². The van der Waals surface area contributed by atoms with Gasteiger partial charge in [-0.25, -0.2) is 4.98 Å². The molecule has 0 atom stereocenters. The largest absolute Gasteiger partial charge is 0.459 e. The number of amides is 1. The second-order valence-electron chi connectivity index (χ2n) is 5.30. The molecule has 4 rings (SSSR count). The van der Waals surface area contributed by atoms with Crippen molar-refractivity contribution in [3.8, 4) is 0 Å². The number of benzene rings is 1. The summed E-state index contributed by atoms with van der Waals surface area (Å²) in [6.45, 7) is 0.300. The van der Waals surface area contributed by atoms with Gasteiger partial charge in [0.05, 0.1) is 28.7 Å². The molecule has 4 aromatic rings. The van der Waals surface area contributed by atoms with E-state index in [0.29, 0.717) is 16.7 Å². The fraction of sp³-hybridized carbons (Fsp3) is 0.0556. The van der Waals surface area contributed by atoms with Crippen LogP contribution in [0.4, 0.5) is 5.13 Å². The number of nitrogens with zero attached hydrogens (tertiary/aromatic N) is 3. The van der Waals surface area contributed by atoms with E-state index in [-0.39, 0.29) is 11.7 Å². The fourth-order valence-electron chi connectivity index (χ4n) is 2.41. The summed E-state index contributed by atoms with van der Waals surface area (Å²) < 4.78 is 6.19. The number of aromatic nitrogens is 2. The summed E-state index contributed by atoms with van der Waals surface area (Å²) in [5.41, 5.74) is 1.56. The Balaban J connectivity index is 1.76. The van der Waals surface area contributed by atoms with Crippen molar-refractivity contribution in [2.45, 2.75) is 6.54 Å². The van der Waals surface area contributed by atoms with Crippen molar-refractivity contribution < 1.29 is 9.21 Å². The number of carbonyl (C=O) groups excluding carboxylic acids is 1. The zero-order chi connectivity index (χ0) is 17.2. The topological polar surface area (TPSA) is 59.2 Å². The van der Waals surface area contributed by atoms with Crippen LogP contribution in [0.2, 0.25) is 5.02 Å². The smallest absolute Gasteiger partial charge is 0.296 e. The highest BCUT2D eigenvalue weighted by Gasteiger charge is 2.24. The summed E-state index contributed by atoms with van der Waals surface area (Å²) in [7, 11) is 0. The van der Waals surface area contributed by atoms with E-state index in [2.05, 4.69) is 9.97 Å². The van der Waals surface area contributed by atoms with Gasteiger partial charge < -0.3 is 4.42 Å². The third-order valence-electron chi connectivity index (χ3n) is 3.59. The van der Waals surface area contributed by atoms with Gasteiger partial charge in [-0.3, -0.25) is 14.7 Å². The second-order valence-corrected chi connectivity index (χ2v) is 6.74. The lowest BCUT2D eigenvalue weighted by atomic mass is 10.3. The van der Waals surface area contributed by atoms with Crippen LogP contribution in [0.5, 0.6) is 0 Å². The van der Waals surface area contributed by atoms with Crippen molar-refractivity contribution in [1.82, 2.24) is 9.97 Å². The molecule has 1 amide bonds. The van der Waals surface area contributed by atoms with Crippen LogP contribution in [0, 0.1) is 0 Å². The van der Waals surface area contributed by atoms with E-state index in [1.807, 2.05) is 30.3 Å². The molecule has 124 valence electrons. The number of fused-ring (bicyclic) bond motifs is 1. The normalized spacial score (nSPS) is 10.9. The minimum Gasteiger partial charge on any atom is -0.459 e. The van der Waals surface area contributed by atoms with Gasteiger partial charge in [0, 0.05) is 11.2 Å². The first-order valence-corrected chi connectivity index (χ1v) is 8.71. The van der Waals surface area contributed by atoms with Gasteiger partial charge in [0.1, 0.15) is 0 Å². The van der Waals surface area contributed by atoms with E-state index in [9.17, 15) is 4.79 Å². The zero-order valence-corrected chi connectivity index (χ0v) is 14.5. The van der Waals surface area contributed by atoms with E-state index in [0.717, 1.165) is 15.9 Å². The maximum Gasteiger partial charge on any atom is 0.296 e. The molecule has 0 radical (unpaired) electrons. The molecule has 0 aliphatic rings. The first-order chi connectivity index (χ1) is 12.2. The first kappa shape index (κ1) is 15.8. The van der Waals surface area contributed by atoms with Crippen molar-refractivity contribution >= 4 is 44.2 Å². The predicted molar refractivity (Wildman–Crippen MR) is 98.1 cm³/mol. The van der Waals surface area contributed by atoms with Gasteiger partial charge in [-0.2, -0.15) is 0 Å². The Hall–Kier alpha value is -2.70. The fourth-order valence-corrected chi connectivity index (χ4v) is 3.65. The Kier molecular flexibility index (Phi) is 4.21. The number of furan rings is 1. The molecule has 0 unspecified atom stereocenters. The molecule has 0 N–H and O–H groups in total. The average Bonchev–Trinajstić information content (AvgIpc) is 3.29. The number of hydrogen-bond acceptors (Lipinski definition) is 5. The minimum absolute atomic E-state index is 0.258. The van der Waals surface area contributed by atoms with Crippen molar-refractivity contribution in [3.63, 3.8) is 0 Å². The molecule has 1 aromatic carbocycles. The molecule has 7 heteroatoms. The SMILES string of the molecule is O=C(c1ccco1)N(Cc1ccccn1)c1nc2ccc(Cl)cc2s1. The van der Waals surface area contributed by atoms with Crippen molar-refractivity contribution in [3.05, 3.63) is 77.5 Å². The van der Waals surface area contributed by atoms with Crippen LogP contribution >= 0.6 is 22.9 Å². The zero-order valence-electron chi connectivity index (χ0n) is 12.9. The van der Waals surface area contributed by atoms with Crippen molar-refractivity contribution in [2.24, 2.45) is 0 Å². The van der Waals surface area contributed by atoms with Crippen LogP contribution in [0.25, 0.3) is 10.2 Å². The summed E-state index contributed by atoms with van der Waals surface area (Å²) in [5, 5.41) is 1.21. The minimum atomic E-state index is -0.263. The summed E-state index contributed by atoms with van der Waals surface area (Å²) in [6, 6.07) is 14.4. The quantitative estimate of drug-likeness (QED) is 0.519. The van der Waals surface area contributed by atoms with Crippen LogP contribution in [0.1, 0.15) is 16.2 Å². The maximum atomic E-state index is 12.9. The van der Waals surface area contributed by atoms with Gasteiger partial charge in [0.25, 0.3) is 5.91 Å². The molecule has 0 fully saturated rings. The monoisotopic (exact) mass is 369 g/mol. The van der Waals surface area contributed by atoms with E-state index < -0.39 is 0 Å². The third kappa shape index (κ3) is 3.26. The Bertz CT molecular complexity index is 1020. The van der Waals surface area contributed by atoms with Gasteiger partial charge in [-0.05, 0) is 42.5 Å². The maximum absolute atomic E-state index is 12.9. The van der Waals surface area contributed by atoms with Gasteiger partial charge in [-0.15, -0.1) is 0 Å².